The molecule has 0 bridgehead atoms. The zero-order valence-corrected chi connectivity index (χ0v) is 10.4. The minimum atomic E-state index is -0.918. The van der Waals surface area contributed by atoms with Gasteiger partial charge in [0.2, 0.25) is 0 Å². The lowest BCUT2D eigenvalue weighted by Gasteiger charge is -2.13. The molecule has 1 unspecified atom stereocenters. The van der Waals surface area contributed by atoms with Gasteiger partial charge in [0, 0.05) is 0 Å². The summed E-state index contributed by atoms with van der Waals surface area (Å²) in [5.74, 6) is -0.349. The molecular weight excluding hydrogens is 267 g/mol. The molecule has 1 aromatic carbocycles. The molecule has 17 heavy (non-hydrogen) atoms. The van der Waals surface area contributed by atoms with Crippen molar-refractivity contribution in [1.29, 1.82) is 0 Å². The summed E-state index contributed by atoms with van der Waals surface area (Å²) in [5.41, 5.74) is 0. The lowest BCUT2D eigenvalue weighted by Crippen LogP contribution is -2.25. The third-order valence-corrected chi connectivity index (χ3v) is 2.34. The van der Waals surface area contributed by atoms with E-state index in [9.17, 15) is 9.90 Å². The molecule has 0 spiro atoms. The Morgan fingerprint density at radius 3 is 2.71 bits per heavy atom. The molecule has 94 valence electrons. The van der Waals surface area contributed by atoms with Crippen LogP contribution in [0.1, 0.15) is 0 Å². The van der Waals surface area contributed by atoms with Gasteiger partial charge in [0.1, 0.15) is 30.9 Å². The smallest absolute Gasteiger partial charge is 0.320 e. The number of hydrogen-bond donors (Lipinski definition) is 1. The van der Waals surface area contributed by atoms with Crippen LogP contribution in [-0.2, 0) is 9.53 Å². The van der Waals surface area contributed by atoms with Crippen molar-refractivity contribution in [1.82, 2.24) is 0 Å². The number of carbonyl (C=O) groups is 1. The maximum atomic E-state index is 10.7. The Balaban J connectivity index is 2.31. The molecule has 0 amide bonds. The van der Waals surface area contributed by atoms with Crippen molar-refractivity contribution in [3.05, 3.63) is 29.3 Å². The number of carbonyl (C=O) groups excluding carboxylic acids is 1. The van der Waals surface area contributed by atoms with Crippen LogP contribution >= 0.6 is 23.2 Å². The Kier molecular flexibility index (Phi) is 6.11. The second-order valence-electron chi connectivity index (χ2n) is 3.21. The van der Waals surface area contributed by atoms with Gasteiger partial charge in [-0.1, -0.05) is 23.7 Å². The monoisotopic (exact) mass is 278 g/mol. The molecule has 6 heteroatoms. The lowest BCUT2D eigenvalue weighted by molar-refractivity contribution is -0.144. The van der Waals surface area contributed by atoms with Gasteiger partial charge >= 0.3 is 5.97 Å². The van der Waals surface area contributed by atoms with Crippen LogP contribution in [0.4, 0.5) is 0 Å². The summed E-state index contributed by atoms with van der Waals surface area (Å²) in [5, 5.41) is 9.91. The third-order valence-electron chi connectivity index (χ3n) is 1.81. The predicted molar refractivity (Wildman–Crippen MR) is 64.6 cm³/mol. The Bertz CT molecular complexity index is 370. The number of aliphatic hydroxyl groups is 1. The van der Waals surface area contributed by atoms with Gasteiger partial charge in [-0.15, -0.1) is 11.6 Å². The van der Waals surface area contributed by atoms with Crippen LogP contribution in [-0.4, -0.2) is 36.3 Å². The average Bonchev–Trinajstić information content (AvgIpc) is 2.35. The molecule has 0 aliphatic rings. The van der Waals surface area contributed by atoms with Gasteiger partial charge in [-0.25, -0.2) is 0 Å². The van der Waals surface area contributed by atoms with E-state index in [2.05, 4.69) is 4.74 Å². The highest BCUT2D eigenvalue weighted by molar-refractivity contribution is 6.32. The summed E-state index contributed by atoms with van der Waals surface area (Å²) in [4.78, 5) is 10.7. The maximum Gasteiger partial charge on any atom is 0.320 e. The molecule has 0 aromatic heterocycles. The number of ether oxygens (including phenoxy) is 2. The maximum absolute atomic E-state index is 10.7. The van der Waals surface area contributed by atoms with Gasteiger partial charge < -0.3 is 14.6 Å². The fraction of sp³-hybridized carbons (Fsp3) is 0.364. The second-order valence-corrected chi connectivity index (χ2v) is 3.89. The van der Waals surface area contributed by atoms with Crippen molar-refractivity contribution in [2.75, 3.05) is 19.1 Å². The first-order chi connectivity index (χ1) is 8.13. The van der Waals surface area contributed by atoms with Crippen LogP contribution in [0.2, 0.25) is 5.02 Å². The second kappa shape index (κ2) is 7.37. The Hall–Kier alpha value is -0.970. The fourth-order valence-electron chi connectivity index (χ4n) is 1.02. The largest absolute Gasteiger partial charge is 0.489 e. The van der Waals surface area contributed by atoms with Gasteiger partial charge in [-0.2, -0.15) is 0 Å². The van der Waals surface area contributed by atoms with Crippen molar-refractivity contribution in [2.45, 2.75) is 6.10 Å². The van der Waals surface area contributed by atoms with Crippen molar-refractivity contribution < 1.29 is 19.4 Å². The molecule has 0 fully saturated rings. The minimum Gasteiger partial charge on any atom is -0.489 e. The molecule has 0 radical (unpaired) electrons. The fourth-order valence-corrected chi connectivity index (χ4v) is 1.29. The highest BCUT2D eigenvalue weighted by Crippen LogP contribution is 2.23. The number of alkyl halides is 1. The quantitative estimate of drug-likeness (QED) is 0.638. The van der Waals surface area contributed by atoms with E-state index in [1.165, 1.54) is 0 Å². The highest BCUT2D eigenvalue weighted by atomic mass is 35.5. The molecule has 0 heterocycles. The van der Waals surface area contributed by atoms with Crippen molar-refractivity contribution in [2.24, 2.45) is 0 Å². The van der Waals surface area contributed by atoms with Gasteiger partial charge in [0.05, 0.1) is 5.02 Å². The summed E-state index contributed by atoms with van der Waals surface area (Å²) >= 11 is 11.1. The lowest BCUT2D eigenvalue weighted by atomic mass is 10.3. The number of esters is 1. The van der Waals surface area contributed by atoms with Gasteiger partial charge in [0.25, 0.3) is 0 Å². The Labute approximate surface area is 109 Å². The van der Waals surface area contributed by atoms with Crippen LogP contribution in [0, 0.1) is 0 Å². The summed E-state index contributed by atoms with van der Waals surface area (Å²) in [6, 6.07) is 6.89. The van der Waals surface area contributed by atoms with Gasteiger partial charge in [-0.3, -0.25) is 4.79 Å². The summed E-state index contributed by atoms with van der Waals surface area (Å²) in [7, 11) is 0. The molecule has 0 aliphatic heterocycles. The van der Waals surface area contributed by atoms with E-state index in [4.69, 9.17) is 27.9 Å². The van der Waals surface area contributed by atoms with E-state index < -0.39 is 12.1 Å². The first kappa shape index (κ1) is 14.1. The molecule has 1 rings (SSSR count). The SMILES string of the molecule is O=C(CCl)OCC(O)COc1ccccc1Cl. The Morgan fingerprint density at radius 1 is 1.35 bits per heavy atom. The van der Waals surface area contributed by atoms with Crippen LogP contribution in [0.25, 0.3) is 0 Å². The molecule has 0 saturated carbocycles. The van der Waals surface area contributed by atoms with E-state index in [1.54, 1.807) is 24.3 Å². The molecule has 1 N–H and O–H groups in total. The third kappa shape index (κ3) is 5.26. The van der Waals surface area contributed by atoms with Crippen molar-refractivity contribution >= 4 is 29.2 Å². The number of rotatable bonds is 6. The number of para-hydroxylation sites is 1. The molecule has 1 atom stereocenters. The van der Waals surface area contributed by atoms with Crippen molar-refractivity contribution in [3.63, 3.8) is 0 Å². The van der Waals surface area contributed by atoms with Crippen LogP contribution in [0.3, 0.4) is 0 Å². The van der Waals surface area contributed by atoms with Crippen LogP contribution in [0.15, 0.2) is 24.3 Å². The van der Waals surface area contributed by atoms with Crippen molar-refractivity contribution in [3.8, 4) is 5.75 Å². The molecule has 4 nitrogen and oxygen atoms in total. The Morgan fingerprint density at radius 2 is 2.06 bits per heavy atom. The summed E-state index contributed by atoms with van der Waals surface area (Å²) < 4.78 is 9.90. The van der Waals surface area contributed by atoms with E-state index in [-0.39, 0.29) is 19.1 Å². The number of halogens is 2. The zero-order chi connectivity index (χ0) is 12.7. The van der Waals surface area contributed by atoms with Crippen LogP contribution < -0.4 is 4.74 Å². The minimum absolute atomic E-state index is 0.0146. The van der Waals surface area contributed by atoms with Gasteiger partial charge in [-0.05, 0) is 12.1 Å². The van der Waals surface area contributed by atoms with E-state index in [0.717, 1.165) is 0 Å². The van der Waals surface area contributed by atoms with Gasteiger partial charge in [0.15, 0.2) is 0 Å². The van der Waals surface area contributed by atoms with Crippen LogP contribution in [0.5, 0.6) is 5.75 Å². The topological polar surface area (TPSA) is 55.8 Å². The molecular formula is C11H12Cl2O4. The summed E-state index contributed by atoms with van der Waals surface area (Å²) in [6.07, 6.45) is -0.918. The highest BCUT2D eigenvalue weighted by Gasteiger charge is 2.09. The number of hydrogen-bond acceptors (Lipinski definition) is 4. The van der Waals surface area contributed by atoms with E-state index in [1.807, 2.05) is 0 Å². The summed E-state index contributed by atoms with van der Waals surface area (Å²) in [6.45, 7) is -0.171. The first-order valence-corrected chi connectivity index (χ1v) is 5.81. The average molecular weight is 279 g/mol. The number of aliphatic hydroxyl groups excluding tert-OH is 1. The standard InChI is InChI=1S/C11H12Cl2O4/c12-5-11(15)17-7-8(14)6-16-10-4-2-1-3-9(10)13/h1-4,8,14H,5-7H2. The molecule has 1 aromatic rings. The first-order valence-electron chi connectivity index (χ1n) is 4.90. The molecule has 0 aliphatic carbocycles. The number of benzene rings is 1. The normalized spacial score (nSPS) is 11.9. The zero-order valence-electron chi connectivity index (χ0n) is 8.94. The van der Waals surface area contributed by atoms with E-state index in [0.29, 0.717) is 10.8 Å². The molecule has 0 saturated heterocycles. The van der Waals surface area contributed by atoms with E-state index >= 15 is 0 Å². The predicted octanol–water partition coefficient (Wildman–Crippen LogP) is 1.86.